The largest absolute Gasteiger partial charge is 0.306 e. The fourth-order valence-electron chi connectivity index (χ4n) is 5.26. The quantitative estimate of drug-likeness (QED) is 0.219. The fourth-order valence-corrected chi connectivity index (χ4v) is 8.36. The number of sulfonamides is 1. The number of hydrogen-bond donors (Lipinski definition) is 0. The first-order valence-corrected chi connectivity index (χ1v) is 15.8. The maximum Gasteiger partial charge on any atom is 0.304 e. The molecular weight excluding hydrogens is 580 g/mol. The predicted molar refractivity (Wildman–Crippen MR) is 145 cm³/mol. The second-order valence-electron chi connectivity index (χ2n) is 10.2. The van der Waals surface area contributed by atoms with Gasteiger partial charge in [0.2, 0.25) is 0 Å². The average molecular weight is 611 g/mol. The van der Waals surface area contributed by atoms with E-state index in [1.165, 1.54) is 24.3 Å². The molecule has 2 aliphatic heterocycles. The highest BCUT2D eigenvalue weighted by molar-refractivity contribution is 7.89. The Hall–Kier alpha value is -3.31. The molecule has 2 aromatic rings. The molecule has 2 aromatic carbocycles. The van der Waals surface area contributed by atoms with Crippen molar-refractivity contribution in [2.75, 3.05) is 26.7 Å². The maximum atomic E-state index is 13.9. The lowest BCUT2D eigenvalue weighted by Gasteiger charge is -2.38. The molecule has 0 amide bonds. The SMILES string of the molecule is CN1CCC(CC(=O)[C@H]2CCC(OS(=O)(=O)c3ccccc3[N+](=O)[O-])CN2S(=O)(=O)c2ccccc2[N+](=O)[O-])CC1. The van der Waals surface area contributed by atoms with Crippen molar-refractivity contribution >= 4 is 37.3 Å². The Balaban J connectivity index is 1.66. The van der Waals surface area contributed by atoms with Crippen molar-refractivity contribution in [1.82, 2.24) is 9.21 Å². The molecule has 222 valence electrons. The number of piperidine rings is 2. The van der Waals surface area contributed by atoms with Crippen molar-refractivity contribution in [3.05, 3.63) is 68.8 Å². The number of ketones is 1. The lowest BCUT2D eigenvalue weighted by Crippen LogP contribution is -2.53. The molecule has 2 aliphatic rings. The third kappa shape index (κ3) is 6.78. The molecule has 2 saturated heterocycles. The number of carbonyl (C=O) groups is 1. The monoisotopic (exact) mass is 610 g/mol. The predicted octanol–water partition coefficient (Wildman–Crippen LogP) is 2.73. The molecule has 14 nitrogen and oxygen atoms in total. The van der Waals surface area contributed by atoms with E-state index in [9.17, 15) is 41.9 Å². The van der Waals surface area contributed by atoms with Gasteiger partial charge in [0.25, 0.3) is 21.4 Å². The molecule has 0 aliphatic carbocycles. The van der Waals surface area contributed by atoms with Crippen LogP contribution in [0.4, 0.5) is 11.4 Å². The molecule has 2 fully saturated rings. The Morgan fingerprint density at radius 3 is 2.00 bits per heavy atom. The second-order valence-corrected chi connectivity index (χ2v) is 13.6. The van der Waals surface area contributed by atoms with E-state index in [-0.39, 0.29) is 31.0 Å². The van der Waals surface area contributed by atoms with Gasteiger partial charge in [-0.3, -0.25) is 29.2 Å². The van der Waals surface area contributed by atoms with Crippen molar-refractivity contribution in [1.29, 1.82) is 0 Å². The molecule has 4 rings (SSSR count). The van der Waals surface area contributed by atoms with E-state index in [1.54, 1.807) is 0 Å². The zero-order valence-electron chi connectivity index (χ0n) is 22.2. The number of para-hydroxylation sites is 2. The first-order chi connectivity index (χ1) is 19.3. The molecule has 0 saturated carbocycles. The molecule has 2 atom stereocenters. The third-order valence-corrected chi connectivity index (χ3v) is 10.8. The van der Waals surface area contributed by atoms with Gasteiger partial charge in [-0.1, -0.05) is 24.3 Å². The van der Waals surface area contributed by atoms with Gasteiger partial charge in [0.15, 0.2) is 15.6 Å². The van der Waals surface area contributed by atoms with Gasteiger partial charge in [-0.25, -0.2) is 8.42 Å². The topological polar surface area (TPSA) is 187 Å². The zero-order chi connectivity index (χ0) is 29.9. The lowest BCUT2D eigenvalue weighted by molar-refractivity contribution is -0.388. The first kappa shape index (κ1) is 30.6. The number of nitro benzene ring substituents is 2. The summed E-state index contributed by atoms with van der Waals surface area (Å²) in [5.41, 5.74) is -1.40. The minimum absolute atomic E-state index is 0.0351. The molecule has 0 aromatic heterocycles. The highest BCUT2D eigenvalue weighted by atomic mass is 32.2. The molecule has 0 spiro atoms. The minimum atomic E-state index is -4.72. The zero-order valence-corrected chi connectivity index (χ0v) is 23.8. The van der Waals surface area contributed by atoms with E-state index < -0.39 is 69.8 Å². The van der Waals surface area contributed by atoms with E-state index in [2.05, 4.69) is 4.90 Å². The van der Waals surface area contributed by atoms with E-state index in [0.29, 0.717) is 0 Å². The minimum Gasteiger partial charge on any atom is -0.306 e. The van der Waals surface area contributed by atoms with E-state index >= 15 is 0 Å². The Labute approximate surface area is 237 Å². The van der Waals surface area contributed by atoms with Crippen molar-refractivity contribution in [2.45, 2.75) is 54.0 Å². The summed E-state index contributed by atoms with van der Waals surface area (Å²) in [6, 6.07) is 8.10. The highest BCUT2D eigenvalue weighted by Crippen LogP contribution is 2.35. The summed E-state index contributed by atoms with van der Waals surface area (Å²) in [5.74, 6) is -0.316. The molecule has 0 N–H and O–H groups in total. The van der Waals surface area contributed by atoms with Crippen LogP contribution < -0.4 is 0 Å². The van der Waals surface area contributed by atoms with Gasteiger partial charge in [0.05, 0.1) is 22.0 Å². The summed E-state index contributed by atoms with van der Waals surface area (Å²) >= 11 is 0. The van der Waals surface area contributed by atoms with E-state index in [0.717, 1.165) is 54.5 Å². The van der Waals surface area contributed by atoms with Crippen molar-refractivity contribution in [3.8, 4) is 0 Å². The summed E-state index contributed by atoms with van der Waals surface area (Å²) < 4.78 is 59.9. The van der Waals surface area contributed by atoms with Crippen LogP contribution in [0.1, 0.15) is 32.1 Å². The number of nitro groups is 2. The van der Waals surface area contributed by atoms with Gasteiger partial charge in [-0.15, -0.1) is 0 Å². The fraction of sp³-hybridized carbons (Fsp3) is 0.480. The van der Waals surface area contributed by atoms with Crippen molar-refractivity contribution in [2.24, 2.45) is 5.92 Å². The lowest BCUT2D eigenvalue weighted by atomic mass is 9.88. The van der Waals surface area contributed by atoms with Crippen LogP contribution in [-0.4, -0.2) is 80.5 Å². The Bertz CT molecular complexity index is 1540. The number of hydrogen-bond acceptors (Lipinski definition) is 11. The van der Waals surface area contributed by atoms with Gasteiger partial charge >= 0.3 is 10.1 Å². The van der Waals surface area contributed by atoms with Gasteiger partial charge in [0.1, 0.15) is 0 Å². The number of rotatable bonds is 10. The van der Waals surface area contributed by atoms with Crippen LogP contribution >= 0.6 is 0 Å². The van der Waals surface area contributed by atoms with Crippen LogP contribution in [0.15, 0.2) is 58.3 Å². The van der Waals surface area contributed by atoms with Crippen LogP contribution in [0.5, 0.6) is 0 Å². The number of carbonyl (C=O) groups excluding carboxylic acids is 1. The number of Topliss-reactive ketones (excluding diaryl/α,β-unsaturated/α-hetero) is 1. The van der Waals surface area contributed by atoms with Crippen LogP contribution in [-0.2, 0) is 29.1 Å². The van der Waals surface area contributed by atoms with Gasteiger partial charge in [0, 0.05) is 25.1 Å². The van der Waals surface area contributed by atoms with E-state index in [4.69, 9.17) is 4.18 Å². The molecule has 0 radical (unpaired) electrons. The van der Waals surface area contributed by atoms with E-state index in [1.807, 2.05) is 7.05 Å². The summed E-state index contributed by atoms with van der Waals surface area (Å²) in [7, 11) is -7.42. The Kier molecular flexibility index (Phi) is 9.18. The third-order valence-electron chi connectivity index (χ3n) is 7.44. The maximum absolute atomic E-state index is 13.9. The molecule has 1 unspecified atom stereocenters. The smallest absolute Gasteiger partial charge is 0.304 e. The van der Waals surface area contributed by atoms with Crippen LogP contribution in [0, 0.1) is 26.1 Å². The average Bonchev–Trinajstić information content (AvgIpc) is 2.94. The summed E-state index contributed by atoms with van der Waals surface area (Å²) in [6.07, 6.45) is 0.193. The molecule has 41 heavy (non-hydrogen) atoms. The first-order valence-electron chi connectivity index (χ1n) is 12.9. The Morgan fingerprint density at radius 1 is 0.878 bits per heavy atom. The van der Waals surface area contributed by atoms with Crippen LogP contribution in [0.2, 0.25) is 0 Å². The standard InChI is InChI=1S/C25H30N4O10S2/c1-26-14-12-18(13-15-26)16-23(30)20-11-10-19(39-41(37,38)25-9-5-3-7-22(25)29(33)34)17-27(20)40(35,36)24-8-4-2-6-21(24)28(31)32/h2-9,18-20H,10-17H2,1H3/t19?,20-/m1/s1. The van der Waals surface area contributed by atoms with Gasteiger partial charge < -0.3 is 4.90 Å². The van der Waals surface area contributed by atoms with Crippen molar-refractivity contribution < 1.29 is 35.7 Å². The summed E-state index contributed by atoms with van der Waals surface area (Å²) in [6.45, 7) is 0.985. The van der Waals surface area contributed by atoms with Crippen molar-refractivity contribution in [3.63, 3.8) is 0 Å². The number of nitrogens with zero attached hydrogens (tertiary/aromatic N) is 4. The molecular formula is C25H30N4O10S2. The normalized spacial score (nSPS) is 21.4. The van der Waals surface area contributed by atoms with Gasteiger partial charge in [-0.2, -0.15) is 12.7 Å². The van der Waals surface area contributed by atoms with Gasteiger partial charge in [-0.05, 0) is 63.9 Å². The number of likely N-dealkylation sites (tertiary alicyclic amines) is 1. The molecule has 0 bridgehead atoms. The summed E-state index contributed by atoms with van der Waals surface area (Å²) in [4.78, 5) is 35.6. The number of benzene rings is 2. The highest BCUT2D eigenvalue weighted by Gasteiger charge is 2.45. The summed E-state index contributed by atoms with van der Waals surface area (Å²) in [5, 5.41) is 23.0. The molecule has 2 heterocycles. The van der Waals surface area contributed by atoms with Crippen LogP contribution in [0.3, 0.4) is 0 Å². The second kappa shape index (κ2) is 12.3. The molecule has 16 heteroatoms. The van der Waals surface area contributed by atoms with Crippen LogP contribution in [0.25, 0.3) is 0 Å². The Morgan fingerprint density at radius 2 is 1.41 bits per heavy atom.